The predicted octanol–water partition coefficient (Wildman–Crippen LogP) is -0.261. The zero-order valence-corrected chi connectivity index (χ0v) is 9.85. The lowest BCUT2D eigenvalue weighted by Gasteiger charge is -2.44. The Bertz CT molecular complexity index is 212. The van der Waals surface area contributed by atoms with Crippen molar-refractivity contribution >= 4 is 0 Å². The molecule has 0 radical (unpaired) electrons. The molecule has 2 N–H and O–H groups in total. The number of rotatable bonds is 1. The average Bonchev–Trinajstić information content (AvgIpc) is 2.23. The summed E-state index contributed by atoms with van der Waals surface area (Å²) in [7, 11) is 2.19. The van der Waals surface area contributed by atoms with Crippen molar-refractivity contribution in [1.82, 2.24) is 9.80 Å². The monoisotopic (exact) mass is 213 g/mol. The summed E-state index contributed by atoms with van der Waals surface area (Å²) >= 11 is 0. The molecular weight excluding hydrogens is 190 g/mol. The highest BCUT2D eigenvalue weighted by Gasteiger charge is 2.32. The second-order valence-electron chi connectivity index (χ2n) is 4.92. The van der Waals surface area contributed by atoms with Crippen molar-refractivity contribution in [1.29, 1.82) is 0 Å². The molecule has 2 fully saturated rings. The van der Waals surface area contributed by atoms with Gasteiger partial charge in [-0.2, -0.15) is 0 Å². The third-order valence-corrected chi connectivity index (χ3v) is 3.84. The molecule has 88 valence electrons. The topological polar surface area (TPSA) is 41.7 Å². The van der Waals surface area contributed by atoms with Crippen LogP contribution in [0.4, 0.5) is 0 Å². The second kappa shape index (κ2) is 4.78. The van der Waals surface area contributed by atoms with E-state index in [1.165, 1.54) is 0 Å². The fourth-order valence-electron chi connectivity index (χ4n) is 2.49. The average molecular weight is 213 g/mol. The first-order valence-electron chi connectivity index (χ1n) is 5.96. The zero-order valence-electron chi connectivity index (χ0n) is 9.85. The van der Waals surface area contributed by atoms with E-state index in [9.17, 15) is 0 Å². The summed E-state index contributed by atoms with van der Waals surface area (Å²) in [5.74, 6) is 0. The molecule has 2 rings (SSSR count). The molecule has 2 aliphatic rings. The van der Waals surface area contributed by atoms with Gasteiger partial charge in [-0.3, -0.25) is 4.90 Å². The van der Waals surface area contributed by atoms with Crippen LogP contribution in [-0.4, -0.2) is 67.8 Å². The summed E-state index contributed by atoms with van der Waals surface area (Å²) in [6.07, 6.45) is 1.01. The summed E-state index contributed by atoms with van der Waals surface area (Å²) in [6.45, 7) is 7.32. The van der Waals surface area contributed by atoms with Crippen LogP contribution in [-0.2, 0) is 4.74 Å². The molecule has 15 heavy (non-hydrogen) atoms. The fraction of sp³-hybridized carbons (Fsp3) is 1.00. The quantitative estimate of drug-likeness (QED) is 0.651. The maximum atomic E-state index is 6.15. The van der Waals surface area contributed by atoms with Crippen LogP contribution in [0.1, 0.15) is 13.3 Å². The summed E-state index contributed by atoms with van der Waals surface area (Å²) in [5.41, 5.74) is 6.15. The van der Waals surface area contributed by atoms with Crippen molar-refractivity contribution < 1.29 is 4.74 Å². The van der Waals surface area contributed by atoms with Gasteiger partial charge in [0, 0.05) is 44.4 Å². The number of hydrogen-bond donors (Lipinski definition) is 1. The van der Waals surface area contributed by atoms with E-state index >= 15 is 0 Å². The molecule has 0 aromatic rings. The number of ether oxygens (including phenoxy) is 1. The molecule has 3 atom stereocenters. The van der Waals surface area contributed by atoms with E-state index in [1.807, 2.05) is 0 Å². The molecule has 2 saturated heterocycles. The molecule has 0 aliphatic carbocycles. The Morgan fingerprint density at radius 1 is 1.33 bits per heavy atom. The van der Waals surface area contributed by atoms with Crippen molar-refractivity contribution in [2.45, 2.75) is 31.5 Å². The van der Waals surface area contributed by atoms with Gasteiger partial charge in [-0.05, 0) is 20.4 Å². The number of piperazine rings is 1. The Kier molecular flexibility index (Phi) is 3.61. The molecule has 4 nitrogen and oxygen atoms in total. The van der Waals surface area contributed by atoms with Gasteiger partial charge >= 0.3 is 0 Å². The first kappa shape index (κ1) is 11.3. The van der Waals surface area contributed by atoms with E-state index in [0.29, 0.717) is 18.1 Å². The smallest absolute Gasteiger partial charge is 0.0636 e. The molecule has 3 unspecified atom stereocenters. The Morgan fingerprint density at radius 2 is 2.13 bits per heavy atom. The number of nitrogens with zero attached hydrogens (tertiary/aromatic N) is 2. The summed E-state index contributed by atoms with van der Waals surface area (Å²) in [6, 6.07) is 1.37. The molecule has 0 aromatic carbocycles. The van der Waals surface area contributed by atoms with Crippen LogP contribution in [0.3, 0.4) is 0 Å². The summed E-state index contributed by atoms with van der Waals surface area (Å²) in [5, 5.41) is 0. The molecule has 2 aliphatic heterocycles. The van der Waals surface area contributed by atoms with Crippen molar-refractivity contribution in [3.05, 3.63) is 0 Å². The highest BCUT2D eigenvalue weighted by Crippen LogP contribution is 2.16. The zero-order chi connectivity index (χ0) is 10.8. The lowest BCUT2D eigenvalue weighted by Crippen LogP contribution is -2.60. The predicted molar refractivity (Wildman–Crippen MR) is 60.9 cm³/mol. The van der Waals surface area contributed by atoms with E-state index in [4.69, 9.17) is 10.5 Å². The number of hydrogen-bond acceptors (Lipinski definition) is 4. The van der Waals surface area contributed by atoms with Gasteiger partial charge in [0.1, 0.15) is 0 Å². The van der Waals surface area contributed by atoms with Gasteiger partial charge in [-0.1, -0.05) is 0 Å². The van der Waals surface area contributed by atoms with E-state index in [-0.39, 0.29) is 0 Å². The standard InChI is InChI=1S/C11H23N3O/c1-9-7-14(5-4-13(9)2)11-8-15-6-3-10(11)12/h9-11H,3-8,12H2,1-2H3. The fourth-order valence-corrected chi connectivity index (χ4v) is 2.49. The second-order valence-corrected chi connectivity index (χ2v) is 4.92. The van der Waals surface area contributed by atoms with Crippen molar-refractivity contribution in [3.63, 3.8) is 0 Å². The van der Waals surface area contributed by atoms with Crippen LogP contribution >= 0.6 is 0 Å². The Balaban J connectivity index is 1.92. The minimum Gasteiger partial charge on any atom is -0.380 e. The molecule has 4 heteroatoms. The minimum atomic E-state index is 0.300. The SMILES string of the molecule is CC1CN(C2COCCC2N)CCN1C. The van der Waals surface area contributed by atoms with Crippen LogP contribution in [0.5, 0.6) is 0 Å². The molecule has 0 spiro atoms. The summed E-state index contributed by atoms with van der Waals surface area (Å²) in [4.78, 5) is 4.92. The van der Waals surface area contributed by atoms with E-state index < -0.39 is 0 Å². The normalized spacial score (nSPS) is 40.6. The summed E-state index contributed by atoms with van der Waals surface area (Å²) < 4.78 is 5.53. The Hall–Kier alpha value is -0.160. The Morgan fingerprint density at radius 3 is 2.80 bits per heavy atom. The van der Waals surface area contributed by atoms with Gasteiger partial charge in [0.2, 0.25) is 0 Å². The van der Waals surface area contributed by atoms with Gasteiger partial charge in [0.25, 0.3) is 0 Å². The first-order chi connectivity index (χ1) is 7.18. The van der Waals surface area contributed by atoms with Gasteiger partial charge in [0.05, 0.1) is 6.61 Å². The van der Waals surface area contributed by atoms with Crippen LogP contribution in [0.25, 0.3) is 0 Å². The third-order valence-electron chi connectivity index (χ3n) is 3.84. The Labute approximate surface area is 92.4 Å². The van der Waals surface area contributed by atoms with Crippen LogP contribution < -0.4 is 5.73 Å². The third kappa shape index (κ3) is 2.50. The highest BCUT2D eigenvalue weighted by molar-refractivity contribution is 4.89. The molecule has 0 saturated carbocycles. The lowest BCUT2D eigenvalue weighted by atomic mass is 10.0. The van der Waals surface area contributed by atoms with Gasteiger partial charge < -0.3 is 15.4 Å². The van der Waals surface area contributed by atoms with Crippen LogP contribution in [0, 0.1) is 0 Å². The van der Waals surface area contributed by atoms with E-state index in [1.54, 1.807) is 0 Å². The van der Waals surface area contributed by atoms with Gasteiger partial charge in [0.15, 0.2) is 0 Å². The molecule has 0 aromatic heterocycles. The maximum absolute atomic E-state index is 6.15. The number of likely N-dealkylation sites (N-methyl/N-ethyl adjacent to an activating group) is 1. The van der Waals surface area contributed by atoms with E-state index in [2.05, 4.69) is 23.8 Å². The molecule has 0 amide bonds. The van der Waals surface area contributed by atoms with E-state index in [0.717, 1.165) is 39.3 Å². The maximum Gasteiger partial charge on any atom is 0.0636 e. The minimum absolute atomic E-state index is 0.300. The van der Waals surface area contributed by atoms with Crippen molar-refractivity contribution in [2.24, 2.45) is 5.73 Å². The number of nitrogens with two attached hydrogens (primary N) is 1. The molecule has 2 heterocycles. The highest BCUT2D eigenvalue weighted by atomic mass is 16.5. The van der Waals surface area contributed by atoms with Crippen molar-refractivity contribution in [2.75, 3.05) is 39.9 Å². The molecular formula is C11H23N3O. The van der Waals surface area contributed by atoms with Crippen LogP contribution in [0.15, 0.2) is 0 Å². The van der Waals surface area contributed by atoms with Crippen molar-refractivity contribution in [3.8, 4) is 0 Å². The van der Waals surface area contributed by atoms with Gasteiger partial charge in [-0.25, -0.2) is 0 Å². The van der Waals surface area contributed by atoms with Crippen LogP contribution in [0.2, 0.25) is 0 Å². The largest absolute Gasteiger partial charge is 0.380 e. The van der Waals surface area contributed by atoms with Gasteiger partial charge in [-0.15, -0.1) is 0 Å². The first-order valence-corrected chi connectivity index (χ1v) is 5.96. The molecule has 0 bridgehead atoms. The lowest BCUT2D eigenvalue weighted by molar-refractivity contribution is -0.0201.